The van der Waals surface area contributed by atoms with Gasteiger partial charge in [0.05, 0.1) is 11.6 Å². The molecule has 124 valence electrons. The van der Waals surface area contributed by atoms with E-state index in [0.29, 0.717) is 11.3 Å². The smallest absolute Gasteiger partial charge is 0.255 e. The Hall–Kier alpha value is -2.33. The lowest BCUT2D eigenvalue weighted by Gasteiger charge is -2.42. The number of carbonyl (C=O) groups excluding carboxylic acids is 1. The Balaban J connectivity index is 1.72. The number of fused-ring (bicyclic) bond motifs is 1. The average molecular weight is 322 g/mol. The highest BCUT2D eigenvalue weighted by Crippen LogP contribution is 2.35. The zero-order chi connectivity index (χ0) is 16.4. The summed E-state index contributed by atoms with van der Waals surface area (Å²) in [5, 5.41) is 6.66. The van der Waals surface area contributed by atoms with Crippen LogP contribution >= 0.6 is 0 Å². The molecule has 0 aliphatic carbocycles. The number of amides is 1. The van der Waals surface area contributed by atoms with Crippen molar-refractivity contribution in [3.05, 3.63) is 65.7 Å². The Morgan fingerprint density at radius 3 is 2.50 bits per heavy atom. The predicted octanol–water partition coefficient (Wildman–Crippen LogP) is 2.54. The molecule has 1 unspecified atom stereocenters. The van der Waals surface area contributed by atoms with Gasteiger partial charge >= 0.3 is 0 Å². The molecular formula is C20H22N2O2. The zero-order valence-corrected chi connectivity index (χ0v) is 13.6. The third kappa shape index (κ3) is 2.78. The lowest BCUT2D eigenvalue weighted by atomic mass is 9.81. The van der Waals surface area contributed by atoms with Gasteiger partial charge in [-0.05, 0) is 37.2 Å². The fraction of sp³-hybridized carbons (Fsp3) is 0.350. The summed E-state index contributed by atoms with van der Waals surface area (Å²) in [7, 11) is 0. The minimum atomic E-state index is -0.358. The summed E-state index contributed by atoms with van der Waals surface area (Å²) >= 11 is 0. The third-order valence-electron chi connectivity index (χ3n) is 5.12. The number of piperidine rings is 1. The molecule has 1 saturated heterocycles. The maximum absolute atomic E-state index is 12.7. The molecule has 2 heterocycles. The Morgan fingerprint density at radius 2 is 1.71 bits per heavy atom. The maximum atomic E-state index is 12.7. The first-order valence-corrected chi connectivity index (χ1v) is 8.60. The summed E-state index contributed by atoms with van der Waals surface area (Å²) < 4.78 is 6.52. The topological polar surface area (TPSA) is 50.4 Å². The van der Waals surface area contributed by atoms with E-state index in [1.807, 2.05) is 42.5 Å². The van der Waals surface area contributed by atoms with Crippen molar-refractivity contribution in [2.45, 2.75) is 30.9 Å². The molecule has 1 amide bonds. The van der Waals surface area contributed by atoms with Crippen molar-refractivity contribution in [3.8, 4) is 5.75 Å². The van der Waals surface area contributed by atoms with Gasteiger partial charge in [-0.1, -0.05) is 42.5 Å². The van der Waals surface area contributed by atoms with Crippen LogP contribution in [-0.4, -0.2) is 30.6 Å². The van der Waals surface area contributed by atoms with Crippen LogP contribution in [0.4, 0.5) is 0 Å². The molecule has 1 spiro atoms. The van der Waals surface area contributed by atoms with Crippen LogP contribution in [0.2, 0.25) is 0 Å². The number of para-hydroxylation sites is 1. The SMILES string of the molecule is O=C1NC(Cc2ccccc2)C2(CCNCC2)Oc2ccccc21. The van der Waals surface area contributed by atoms with Crippen molar-refractivity contribution in [1.29, 1.82) is 0 Å². The molecule has 4 heteroatoms. The standard InChI is InChI=1S/C20H22N2O2/c23-19-16-8-4-5-9-17(16)24-20(10-12-21-13-11-20)18(22-19)14-15-6-2-1-3-7-15/h1-9,18,21H,10-14H2,(H,22,23). The largest absolute Gasteiger partial charge is 0.484 e. The lowest BCUT2D eigenvalue weighted by molar-refractivity contribution is 0.00594. The van der Waals surface area contributed by atoms with E-state index in [9.17, 15) is 4.79 Å². The van der Waals surface area contributed by atoms with Crippen molar-refractivity contribution in [2.75, 3.05) is 13.1 Å². The molecule has 2 N–H and O–H groups in total. The van der Waals surface area contributed by atoms with Gasteiger partial charge in [0.1, 0.15) is 11.4 Å². The van der Waals surface area contributed by atoms with E-state index >= 15 is 0 Å². The zero-order valence-electron chi connectivity index (χ0n) is 13.6. The van der Waals surface area contributed by atoms with Gasteiger partial charge in [0.15, 0.2) is 0 Å². The quantitative estimate of drug-likeness (QED) is 0.893. The van der Waals surface area contributed by atoms with Crippen LogP contribution in [0.3, 0.4) is 0 Å². The van der Waals surface area contributed by atoms with Gasteiger partial charge in [0, 0.05) is 12.8 Å². The first-order chi connectivity index (χ1) is 11.8. The molecule has 2 aromatic rings. The van der Waals surface area contributed by atoms with E-state index in [2.05, 4.69) is 22.8 Å². The highest BCUT2D eigenvalue weighted by atomic mass is 16.5. The van der Waals surface area contributed by atoms with Crippen molar-refractivity contribution in [2.24, 2.45) is 0 Å². The van der Waals surface area contributed by atoms with Gasteiger partial charge < -0.3 is 15.4 Å². The molecule has 0 saturated carbocycles. The highest BCUT2D eigenvalue weighted by molar-refractivity contribution is 5.97. The molecule has 4 nitrogen and oxygen atoms in total. The molecule has 1 atom stereocenters. The molecular weight excluding hydrogens is 300 g/mol. The summed E-state index contributed by atoms with van der Waals surface area (Å²) in [6.07, 6.45) is 2.55. The summed E-state index contributed by atoms with van der Waals surface area (Å²) in [4.78, 5) is 12.7. The summed E-state index contributed by atoms with van der Waals surface area (Å²) in [5.74, 6) is 0.661. The number of benzene rings is 2. The number of hydrogen-bond donors (Lipinski definition) is 2. The number of ether oxygens (including phenoxy) is 1. The van der Waals surface area contributed by atoms with Gasteiger partial charge in [-0.2, -0.15) is 0 Å². The van der Waals surface area contributed by atoms with E-state index in [4.69, 9.17) is 4.74 Å². The molecule has 0 aromatic heterocycles. The molecule has 24 heavy (non-hydrogen) atoms. The maximum Gasteiger partial charge on any atom is 0.255 e. The van der Waals surface area contributed by atoms with Crippen molar-refractivity contribution in [3.63, 3.8) is 0 Å². The van der Waals surface area contributed by atoms with E-state index in [1.165, 1.54) is 5.56 Å². The van der Waals surface area contributed by atoms with E-state index in [0.717, 1.165) is 32.4 Å². The monoisotopic (exact) mass is 322 g/mol. The predicted molar refractivity (Wildman–Crippen MR) is 93.3 cm³/mol. The van der Waals surface area contributed by atoms with Crippen molar-refractivity contribution in [1.82, 2.24) is 10.6 Å². The minimum absolute atomic E-state index is 0.0399. The third-order valence-corrected chi connectivity index (χ3v) is 5.12. The number of hydrogen-bond acceptors (Lipinski definition) is 3. The van der Waals surface area contributed by atoms with Crippen LogP contribution in [0.15, 0.2) is 54.6 Å². The average Bonchev–Trinajstić information content (AvgIpc) is 2.73. The molecule has 4 rings (SSSR count). The second kappa shape index (κ2) is 6.29. The highest BCUT2D eigenvalue weighted by Gasteiger charge is 2.45. The Labute approximate surface area is 142 Å². The molecule has 0 bridgehead atoms. The Kier molecular flexibility index (Phi) is 3.98. The van der Waals surface area contributed by atoms with Gasteiger partial charge in [0.25, 0.3) is 5.91 Å². The van der Waals surface area contributed by atoms with Crippen LogP contribution in [0, 0.1) is 0 Å². The van der Waals surface area contributed by atoms with Crippen LogP contribution in [-0.2, 0) is 6.42 Å². The second-order valence-electron chi connectivity index (χ2n) is 6.63. The van der Waals surface area contributed by atoms with Gasteiger partial charge in [-0.3, -0.25) is 4.79 Å². The number of nitrogens with one attached hydrogen (secondary N) is 2. The Bertz CT molecular complexity index is 723. The first kappa shape index (κ1) is 15.2. The molecule has 2 aromatic carbocycles. The molecule has 2 aliphatic rings. The summed E-state index contributed by atoms with van der Waals surface area (Å²) in [6.45, 7) is 1.81. The normalized spacial score (nSPS) is 22.2. The van der Waals surface area contributed by atoms with E-state index in [1.54, 1.807) is 0 Å². The minimum Gasteiger partial charge on any atom is -0.484 e. The first-order valence-electron chi connectivity index (χ1n) is 8.60. The fourth-order valence-electron chi connectivity index (χ4n) is 3.79. The van der Waals surface area contributed by atoms with Gasteiger partial charge in [-0.15, -0.1) is 0 Å². The van der Waals surface area contributed by atoms with E-state index in [-0.39, 0.29) is 17.6 Å². The molecule has 2 aliphatic heterocycles. The van der Waals surface area contributed by atoms with Crippen LogP contribution < -0.4 is 15.4 Å². The summed E-state index contributed by atoms with van der Waals surface area (Å²) in [5.41, 5.74) is 1.49. The van der Waals surface area contributed by atoms with Crippen LogP contribution in [0.25, 0.3) is 0 Å². The fourth-order valence-corrected chi connectivity index (χ4v) is 3.79. The van der Waals surface area contributed by atoms with Gasteiger partial charge in [0.2, 0.25) is 0 Å². The van der Waals surface area contributed by atoms with Crippen LogP contribution in [0.1, 0.15) is 28.8 Å². The van der Waals surface area contributed by atoms with Gasteiger partial charge in [-0.25, -0.2) is 0 Å². The van der Waals surface area contributed by atoms with Crippen molar-refractivity contribution < 1.29 is 9.53 Å². The number of carbonyl (C=O) groups is 1. The summed E-state index contributed by atoms with van der Waals surface area (Å²) in [6, 6.07) is 17.8. The second-order valence-corrected chi connectivity index (χ2v) is 6.63. The number of rotatable bonds is 2. The molecule has 1 fully saturated rings. The lowest BCUT2D eigenvalue weighted by Crippen LogP contribution is -2.59. The van der Waals surface area contributed by atoms with Crippen LogP contribution in [0.5, 0.6) is 5.75 Å². The van der Waals surface area contributed by atoms with E-state index < -0.39 is 0 Å². The Morgan fingerprint density at radius 1 is 1.00 bits per heavy atom. The molecule has 0 radical (unpaired) electrons. The van der Waals surface area contributed by atoms with Crippen molar-refractivity contribution >= 4 is 5.91 Å².